The summed E-state index contributed by atoms with van der Waals surface area (Å²) in [6.07, 6.45) is 3.86. The van der Waals surface area contributed by atoms with Crippen molar-refractivity contribution in [3.8, 4) is 0 Å². The number of hydrogen-bond acceptors (Lipinski definition) is 3. The maximum atomic E-state index is 11.7. The predicted molar refractivity (Wildman–Crippen MR) is 68.7 cm³/mol. The number of carbonyl (C=O) groups excluding carboxylic acids is 1. The van der Waals surface area contributed by atoms with E-state index in [1.165, 1.54) is 0 Å². The fourth-order valence-electron chi connectivity index (χ4n) is 2.14. The third kappa shape index (κ3) is 5.04. The highest BCUT2D eigenvalue weighted by Gasteiger charge is 2.19. The summed E-state index contributed by atoms with van der Waals surface area (Å²) in [6, 6.07) is 0.258. The van der Waals surface area contributed by atoms with E-state index in [1.54, 1.807) is 4.90 Å². The molecule has 1 aliphatic carbocycles. The number of hydrogen-bond donors (Lipinski definition) is 2. The van der Waals surface area contributed by atoms with Gasteiger partial charge in [-0.3, -0.25) is 4.79 Å². The lowest BCUT2D eigenvalue weighted by Gasteiger charge is -2.26. The third-order valence-corrected chi connectivity index (χ3v) is 3.69. The first-order valence-electron chi connectivity index (χ1n) is 6.65. The monoisotopic (exact) mass is 242 g/mol. The van der Waals surface area contributed by atoms with Crippen molar-refractivity contribution in [3.63, 3.8) is 0 Å². The van der Waals surface area contributed by atoms with Gasteiger partial charge in [-0.2, -0.15) is 0 Å². The Morgan fingerprint density at radius 1 is 1.35 bits per heavy atom. The lowest BCUT2D eigenvalue weighted by atomic mass is 9.87. The minimum absolute atomic E-state index is 0.0973. The minimum atomic E-state index is -0.0973. The molecule has 2 N–H and O–H groups in total. The summed E-state index contributed by atoms with van der Waals surface area (Å²) in [7, 11) is 1.84. The summed E-state index contributed by atoms with van der Waals surface area (Å²) < 4.78 is 0. The van der Waals surface area contributed by atoms with Gasteiger partial charge in [0.2, 0.25) is 5.91 Å². The van der Waals surface area contributed by atoms with Gasteiger partial charge in [0.15, 0.2) is 0 Å². The summed E-state index contributed by atoms with van der Waals surface area (Å²) in [5, 5.41) is 12.6. The van der Waals surface area contributed by atoms with Crippen LogP contribution in [0.4, 0.5) is 0 Å². The Kier molecular flexibility index (Phi) is 5.92. The molecule has 0 bridgehead atoms. The average Bonchev–Trinajstić information content (AvgIpc) is 2.30. The molecule has 1 fully saturated rings. The second-order valence-corrected chi connectivity index (χ2v) is 5.40. The first-order valence-corrected chi connectivity index (χ1v) is 6.65. The Balaban J connectivity index is 2.13. The summed E-state index contributed by atoms with van der Waals surface area (Å²) >= 11 is 0. The number of aliphatic hydroxyl groups excluding tert-OH is 1. The highest BCUT2D eigenvalue weighted by Crippen LogP contribution is 2.23. The molecule has 4 nitrogen and oxygen atoms in total. The second-order valence-electron chi connectivity index (χ2n) is 5.40. The SMILES string of the molecule is CC(C)N(C)C(=O)CNCC1CCC(O)CC1. The standard InChI is InChI=1S/C13H26N2O2/c1-10(2)15(3)13(17)9-14-8-11-4-6-12(16)7-5-11/h10-12,14,16H,4-9H2,1-3H3. The Labute approximate surface area is 104 Å². The van der Waals surface area contributed by atoms with Crippen LogP contribution in [0, 0.1) is 5.92 Å². The van der Waals surface area contributed by atoms with Crippen molar-refractivity contribution in [2.24, 2.45) is 5.92 Å². The number of nitrogens with one attached hydrogen (secondary N) is 1. The van der Waals surface area contributed by atoms with Gasteiger partial charge in [-0.1, -0.05) is 0 Å². The van der Waals surface area contributed by atoms with E-state index in [9.17, 15) is 9.90 Å². The number of nitrogens with zero attached hydrogens (tertiary/aromatic N) is 1. The fourth-order valence-corrected chi connectivity index (χ4v) is 2.14. The molecule has 17 heavy (non-hydrogen) atoms. The minimum Gasteiger partial charge on any atom is -0.393 e. The van der Waals surface area contributed by atoms with Crippen molar-refractivity contribution in [1.29, 1.82) is 0 Å². The molecule has 1 rings (SSSR count). The molecule has 0 spiro atoms. The van der Waals surface area contributed by atoms with E-state index >= 15 is 0 Å². The largest absolute Gasteiger partial charge is 0.393 e. The van der Waals surface area contributed by atoms with Crippen LogP contribution in [0.5, 0.6) is 0 Å². The van der Waals surface area contributed by atoms with Crippen LogP contribution in [0.3, 0.4) is 0 Å². The van der Waals surface area contributed by atoms with Gasteiger partial charge >= 0.3 is 0 Å². The number of amides is 1. The zero-order chi connectivity index (χ0) is 12.8. The molecule has 1 saturated carbocycles. The normalized spacial score (nSPS) is 25.0. The van der Waals surface area contributed by atoms with Gasteiger partial charge in [0.1, 0.15) is 0 Å². The Morgan fingerprint density at radius 3 is 2.47 bits per heavy atom. The molecule has 0 saturated heterocycles. The van der Waals surface area contributed by atoms with E-state index < -0.39 is 0 Å². The lowest BCUT2D eigenvalue weighted by Crippen LogP contribution is -2.41. The Morgan fingerprint density at radius 2 is 1.94 bits per heavy atom. The van der Waals surface area contributed by atoms with Gasteiger partial charge < -0.3 is 15.3 Å². The van der Waals surface area contributed by atoms with E-state index in [0.717, 1.165) is 32.2 Å². The third-order valence-electron chi connectivity index (χ3n) is 3.69. The quantitative estimate of drug-likeness (QED) is 0.756. The maximum Gasteiger partial charge on any atom is 0.236 e. The van der Waals surface area contributed by atoms with Gasteiger partial charge in [0.05, 0.1) is 12.6 Å². The highest BCUT2D eigenvalue weighted by molar-refractivity contribution is 5.78. The van der Waals surface area contributed by atoms with Crippen molar-refractivity contribution in [1.82, 2.24) is 10.2 Å². The molecule has 0 unspecified atom stereocenters. The van der Waals surface area contributed by atoms with Gasteiger partial charge in [-0.05, 0) is 52.0 Å². The van der Waals surface area contributed by atoms with Crippen LogP contribution < -0.4 is 5.32 Å². The zero-order valence-corrected chi connectivity index (χ0v) is 11.3. The predicted octanol–water partition coefficient (Wildman–Crippen LogP) is 0.994. The second kappa shape index (κ2) is 6.97. The molecule has 0 atom stereocenters. The highest BCUT2D eigenvalue weighted by atomic mass is 16.3. The van der Waals surface area contributed by atoms with E-state index in [1.807, 2.05) is 20.9 Å². The van der Waals surface area contributed by atoms with Crippen LogP contribution in [0.25, 0.3) is 0 Å². The van der Waals surface area contributed by atoms with Crippen molar-refractivity contribution in [2.45, 2.75) is 51.7 Å². The lowest BCUT2D eigenvalue weighted by molar-refractivity contribution is -0.130. The number of aliphatic hydroxyl groups is 1. The maximum absolute atomic E-state index is 11.7. The van der Waals surface area contributed by atoms with Gasteiger partial charge in [-0.15, -0.1) is 0 Å². The Bertz CT molecular complexity index is 236. The Hall–Kier alpha value is -0.610. The van der Waals surface area contributed by atoms with E-state index in [2.05, 4.69) is 5.32 Å². The summed E-state index contributed by atoms with van der Waals surface area (Å²) in [5.41, 5.74) is 0. The molecule has 1 amide bonds. The van der Waals surface area contributed by atoms with E-state index in [-0.39, 0.29) is 18.1 Å². The van der Waals surface area contributed by atoms with Crippen molar-refractivity contribution >= 4 is 5.91 Å². The van der Waals surface area contributed by atoms with Crippen LogP contribution in [-0.2, 0) is 4.79 Å². The summed E-state index contributed by atoms with van der Waals surface area (Å²) in [4.78, 5) is 13.5. The van der Waals surface area contributed by atoms with Gasteiger partial charge in [-0.25, -0.2) is 0 Å². The topological polar surface area (TPSA) is 52.6 Å². The zero-order valence-electron chi connectivity index (χ0n) is 11.3. The van der Waals surface area contributed by atoms with Gasteiger partial charge in [0.25, 0.3) is 0 Å². The molecule has 4 heteroatoms. The van der Waals surface area contributed by atoms with E-state index in [0.29, 0.717) is 12.5 Å². The van der Waals surface area contributed by atoms with E-state index in [4.69, 9.17) is 0 Å². The van der Waals surface area contributed by atoms with Crippen LogP contribution in [0.2, 0.25) is 0 Å². The first-order chi connectivity index (χ1) is 8.00. The fraction of sp³-hybridized carbons (Fsp3) is 0.923. The van der Waals surface area contributed by atoms with Crippen LogP contribution in [-0.4, -0.2) is 48.2 Å². The summed E-state index contributed by atoms with van der Waals surface area (Å²) in [6.45, 7) is 5.35. The first kappa shape index (κ1) is 14.5. The van der Waals surface area contributed by atoms with Crippen molar-refractivity contribution < 1.29 is 9.90 Å². The molecule has 0 aromatic heterocycles. The molecule has 0 aromatic rings. The molecule has 0 aromatic carbocycles. The molecule has 1 aliphatic rings. The van der Waals surface area contributed by atoms with Gasteiger partial charge in [0, 0.05) is 13.1 Å². The molecule has 100 valence electrons. The molecular weight excluding hydrogens is 216 g/mol. The van der Waals surface area contributed by atoms with Crippen LogP contribution >= 0.6 is 0 Å². The molecule has 0 heterocycles. The number of carbonyl (C=O) groups is 1. The molecule has 0 aliphatic heterocycles. The van der Waals surface area contributed by atoms with Crippen LogP contribution in [0.15, 0.2) is 0 Å². The average molecular weight is 242 g/mol. The number of likely N-dealkylation sites (N-methyl/N-ethyl adjacent to an activating group) is 1. The summed E-state index contributed by atoms with van der Waals surface area (Å²) in [5.74, 6) is 0.770. The molecule has 0 radical (unpaired) electrons. The van der Waals surface area contributed by atoms with Crippen molar-refractivity contribution in [3.05, 3.63) is 0 Å². The molecular formula is C13H26N2O2. The smallest absolute Gasteiger partial charge is 0.236 e. The van der Waals surface area contributed by atoms with Crippen LogP contribution in [0.1, 0.15) is 39.5 Å². The van der Waals surface area contributed by atoms with Crippen molar-refractivity contribution in [2.75, 3.05) is 20.1 Å². The number of rotatable bonds is 5.